The number of hydrogen-bond acceptors (Lipinski definition) is 2. The van der Waals surface area contributed by atoms with E-state index < -0.39 is 23.1 Å². The maximum Gasteiger partial charge on any atom is 0.134 e. The van der Waals surface area contributed by atoms with E-state index in [0.717, 1.165) is 23.3 Å². The van der Waals surface area contributed by atoms with Gasteiger partial charge in [-0.05, 0) is 25.5 Å². The van der Waals surface area contributed by atoms with E-state index in [1.807, 2.05) is 38.1 Å². The summed E-state index contributed by atoms with van der Waals surface area (Å²) in [6.45, 7) is 3.86. The minimum Gasteiger partial charge on any atom is -0.365 e. The zero-order chi connectivity index (χ0) is 13.2. The van der Waals surface area contributed by atoms with Gasteiger partial charge in [0.2, 0.25) is 0 Å². The van der Waals surface area contributed by atoms with Gasteiger partial charge in [-0.2, -0.15) is 0 Å². The van der Waals surface area contributed by atoms with Crippen LogP contribution in [0.1, 0.15) is 25.3 Å². The molecule has 1 aromatic rings. The van der Waals surface area contributed by atoms with Crippen molar-refractivity contribution in [1.82, 2.24) is 0 Å². The summed E-state index contributed by atoms with van der Waals surface area (Å²) in [4.78, 5) is 0.766. The second-order valence-electron chi connectivity index (χ2n) is 4.87. The van der Waals surface area contributed by atoms with Gasteiger partial charge in [-0.15, -0.1) is 0 Å². The Morgan fingerprint density at radius 1 is 1.44 bits per heavy atom. The number of aryl methyl sites for hydroxylation is 1. The Labute approximate surface area is 110 Å². The first-order valence-corrected chi connectivity index (χ1v) is 7.51. The highest BCUT2D eigenvalue weighted by Crippen LogP contribution is 2.38. The van der Waals surface area contributed by atoms with Crippen LogP contribution in [0.2, 0.25) is 0 Å². The molecule has 1 heterocycles. The van der Waals surface area contributed by atoms with Crippen LogP contribution in [0.5, 0.6) is 0 Å². The molecule has 0 saturated carbocycles. The van der Waals surface area contributed by atoms with Crippen molar-refractivity contribution < 1.29 is 13.3 Å². The molecule has 0 aromatic heterocycles. The SMILES string of the molecule is CCC[C@H](S(=O)c1ccc(C)cc1)[C@]1(CF)CO1. The molecule has 4 heteroatoms. The second kappa shape index (κ2) is 5.49. The number of alkyl halides is 1. The fraction of sp³-hybridized carbons (Fsp3) is 0.571. The summed E-state index contributed by atoms with van der Waals surface area (Å²) in [5.41, 5.74) is 0.344. The largest absolute Gasteiger partial charge is 0.365 e. The minimum absolute atomic E-state index is 0.241. The molecule has 1 aromatic carbocycles. The van der Waals surface area contributed by atoms with Crippen LogP contribution in [0.3, 0.4) is 0 Å². The van der Waals surface area contributed by atoms with Crippen molar-refractivity contribution in [1.29, 1.82) is 0 Å². The van der Waals surface area contributed by atoms with Gasteiger partial charge in [0.15, 0.2) is 0 Å². The van der Waals surface area contributed by atoms with Gasteiger partial charge in [0.05, 0.1) is 22.7 Å². The molecule has 18 heavy (non-hydrogen) atoms. The van der Waals surface area contributed by atoms with Crippen LogP contribution in [-0.4, -0.2) is 28.3 Å². The predicted molar refractivity (Wildman–Crippen MR) is 70.9 cm³/mol. The van der Waals surface area contributed by atoms with Crippen molar-refractivity contribution >= 4 is 10.8 Å². The maximum atomic E-state index is 13.1. The van der Waals surface area contributed by atoms with Gasteiger partial charge in [0.25, 0.3) is 0 Å². The molecule has 100 valence electrons. The highest BCUT2D eigenvalue weighted by molar-refractivity contribution is 7.85. The number of hydrogen-bond donors (Lipinski definition) is 0. The summed E-state index contributed by atoms with van der Waals surface area (Å²) in [7, 11) is -1.20. The fourth-order valence-corrected chi connectivity index (χ4v) is 3.88. The molecule has 3 atom stereocenters. The van der Waals surface area contributed by atoms with Crippen molar-refractivity contribution in [2.24, 2.45) is 0 Å². The monoisotopic (exact) mass is 270 g/mol. The van der Waals surface area contributed by atoms with Crippen LogP contribution < -0.4 is 0 Å². The lowest BCUT2D eigenvalue weighted by Crippen LogP contribution is -2.36. The van der Waals surface area contributed by atoms with E-state index in [4.69, 9.17) is 4.74 Å². The molecular formula is C14H19FO2S. The first-order chi connectivity index (χ1) is 8.63. The van der Waals surface area contributed by atoms with Crippen molar-refractivity contribution in [3.8, 4) is 0 Å². The summed E-state index contributed by atoms with van der Waals surface area (Å²) >= 11 is 0. The summed E-state index contributed by atoms with van der Waals surface area (Å²) in [6, 6.07) is 7.60. The molecule has 1 fully saturated rings. The van der Waals surface area contributed by atoms with Gasteiger partial charge in [-0.1, -0.05) is 31.0 Å². The van der Waals surface area contributed by atoms with Crippen LogP contribution >= 0.6 is 0 Å². The maximum absolute atomic E-state index is 13.1. The van der Waals surface area contributed by atoms with Crippen molar-refractivity contribution in [3.63, 3.8) is 0 Å². The van der Waals surface area contributed by atoms with Gasteiger partial charge < -0.3 is 4.74 Å². The molecular weight excluding hydrogens is 251 g/mol. The summed E-state index contributed by atoms with van der Waals surface area (Å²) in [5.74, 6) is 0. The molecule has 1 aliphatic heterocycles. The predicted octanol–water partition coefficient (Wildman–Crippen LogP) is 3.01. The smallest absolute Gasteiger partial charge is 0.134 e. The summed E-state index contributed by atoms with van der Waals surface area (Å²) in [5, 5.41) is -0.241. The van der Waals surface area contributed by atoms with E-state index in [9.17, 15) is 8.60 Å². The van der Waals surface area contributed by atoms with Gasteiger partial charge in [-0.3, -0.25) is 4.21 Å². The van der Waals surface area contributed by atoms with Crippen LogP contribution in [0.4, 0.5) is 4.39 Å². The topological polar surface area (TPSA) is 29.6 Å². The molecule has 0 amide bonds. The summed E-state index contributed by atoms with van der Waals surface area (Å²) in [6.07, 6.45) is 1.61. The first-order valence-electron chi connectivity index (χ1n) is 6.30. The van der Waals surface area contributed by atoms with E-state index in [1.165, 1.54) is 0 Å². The lowest BCUT2D eigenvalue weighted by Gasteiger charge is -2.20. The molecule has 0 spiro atoms. The highest BCUT2D eigenvalue weighted by atomic mass is 32.2. The lowest BCUT2D eigenvalue weighted by molar-refractivity contribution is 0.234. The van der Waals surface area contributed by atoms with Crippen LogP contribution in [0.15, 0.2) is 29.2 Å². The second-order valence-corrected chi connectivity index (χ2v) is 6.51. The number of benzene rings is 1. The lowest BCUT2D eigenvalue weighted by atomic mass is 10.0. The zero-order valence-corrected chi connectivity index (χ0v) is 11.6. The quantitative estimate of drug-likeness (QED) is 0.744. The fourth-order valence-electron chi connectivity index (χ4n) is 2.11. The van der Waals surface area contributed by atoms with Gasteiger partial charge in [0, 0.05) is 4.90 Å². The normalized spacial score (nSPS) is 25.7. The van der Waals surface area contributed by atoms with Crippen LogP contribution in [0.25, 0.3) is 0 Å². The van der Waals surface area contributed by atoms with Gasteiger partial charge >= 0.3 is 0 Å². The van der Waals surface area contributed by atoms with E-state index >= 15 is 0 Å². The standard InChI is InChI=1S/C14H19FO2S/c1-3-4-13(14(9-15)10-17-14)18(16)12-7-5-11(2)6-8-12/h5-8,13H,3-4,9-10H2,1-2H3/t13-,14-,18?/m0/s1. The molecule has 1 saturated heterocycles. The summed E-state index contributed by atoms with van der Waals surface area (Å²) < 4.78 is 30.9. The molecule has 0 bridgehead atoms. The number of rotatable bonds is 6. The molecule has 0 radical (unpaired) electrons. The van der Waals surface area contributed by atoms with E-state index in [0.29, 0.717) is 6.61 Å². The van der Waals surface area contributed by atoms with E-state index in [2.05, 4.69) is 0 Å². The Kier molecular flexibility index (Phi) is 4.17. The number of halogens is 1. The minimum atomic E-state index is -1.20. The highest BCUT2D eigenvalue weighted by Gasteiger charge is 2.54. The molecule has 2 rings (SSSR count). The zero-order valence-electron chi connectivity index (χ0n) is 10.8. The molecule has 2 nitrogen and oxygen atoms in total. The average Bonchev–Trinajstić information content (AvgIpc) is 3.17. The van der Waals surface area contributed by atoms with Crippen molar-refractivity contribution in [2.45, 2.75) is 42.4 Å². The van der Waals surface area contributed by atoms with E-state index in [1.54, 1.807) is 0 Å². The van der Waals surface area contributed by atoms with Crippen molar-refractivity contribution in [3.05, 3.63) is 29.8 Å². The van der Waals surface area contributed by atoms with Gasteiger partial charge in [0.1, 0.15) is 12.3 Å². The average molecular weight is 270 g/mol. The Bertz CT molecular complexity index is 426. The Balaban J connectivity index is 2.21. The Hall–Kier alpha value is -0.740. The van der Waals surface area contributed by atoms with Crippen LogP contribution in [0, 0.1) is 6.92 Å². The Morgan fingerprint density at radius 3 is 2.50 bits per heavy atom. The number of epoxide rings is 1. The van der Waals surface area contributed by atoms with Crippen LogP contribution in [-0.2, 0) is 15.5 Å². The third kappa shape index (κ3) is 2.64. The van der Waals surface area contributed by atoms with Gasteiger partial charge in [-0.25, -0.2) is 4.39 Å². The molecule has 0 aliphatic carbocycles. The third-order valence-electron chi connectivity index (χ3n) is 3.39. The first kappa shape index (κ1) is 13.7. The molecule has 1 aliphatic rings. The molecule has 1 unspecified atom stereocenters. The third-order valence-corrected chi connectivity index (χ3v) is 5.31. The number of ether oxygens (including phenoxy) is 1. The van der Waals surface area contributed by atoms with Crippen molar-refractivity contribution in [2.75, 3.05) is 13.3 Å². The Morgan fingerprint density at radius 2 is 2.06 bits per heavy atom. The van der Waals surface area contributed by atoms with E-state index in [-0.39, 0.29) is 5.25 Å². The molecule has 0 N–H and O–H groups in total.